The van der Waals surface area contributed by atoms with Crippen molar-refractivity contribution in [3.05, 3.63) is 27.7 Å². The highest BCUT2D eigenvalue weighted by Gasteiger charge is 2.34. The third-order valence-electron chi connectivity index (χ3n) is 5.69. The molecule has 10 heteroatoms. The molecule has 3 heterocycles. The molecule has 1 saturated heterocycles. The first-order valence-corrected chi connectivity index (χ1v) is 11.5. The summed E-state index contributed by atoms with van der Waals surface area (Å²) in [6, 6.07) is 6.47. The number of nitrogens with zero attached hydrogens (tertiary/aromatic N) is 5. The number of fused-ring (bicyclic) bond motifs is 1. The lowest BCUT2D eigenvalue weighted by molar-refractivity contribution is -0.116. The molecule has 2 fully saturated rings. The maximum Gasteiger partial charge on any atom is 0.231 e. The number of piperazine rings is 1. The lowest BCUT2D eigenvalue weighted by Crippen LogP contribution is -2.46. The Labute approximate surface area is 184 Å². The van der Waals surface area contributed by atoms with E-state index < -0.39 is 0 Å². The zero-order chi connectivity index (χ0) is 20.7. The first-order valence-electron chi connectivity index (χ1n) is 10.3. The molecule has 3 aliphatic rings. The number of anilines is 1. The number of hydrogen-bond acceptors (Lipinski definition) is 8. The largest absolute Gasteiger partial charge is 0.454 e. The summed E-state index contributed by atoms with van der Waals surface area (Å²) in [5.41, 5.74) is 1.24. The molecule has 0 unspecified atom stereocenters. The van der Waals surface area contributed by atoms with E-state index in [1.54, 1.807) is 11.8 Å². The van der Waals surface area contributed by atoms with Crippen LogP contribution in [0.15, 0.2) is 18.2 Å². The molecule has 5 rings (SSSR count). The fourth-order valence-corrected chi connectivity index (χ4v) is 5.14. The molecule has 1 saturated carbocycles. The second kappa shape index (κ2) is 8.26. The molecule has 0 radical (unpaired) electrons. The van der Waals surface area contributed by atoms with Crippen LogP contribution >= 0.6 is 23.6 Å². The fourth-order valence-electron chi connectivity index (χ4n) is 3.94. The summed E-state index contributed by atoms with van der Waals surface area (Å²) in [4.78, 5) is 18.6. The van der Waals surface area contributed by atoms with E-state index in [2.05, 4.69) is 27.0 Å². The summed E-state index contributed by atoms with van der Waals surface area (Å²) in [5, 5.41) is 5.39. The minimum absolute atomic E-state index is 0.0468. The van der Waals surface area contributed by atoms with Crippen LogP contribution in [-0.4, -0.2) is 64.5 Å². The molecule has 1 aliphatic carbocycles. The summed E-state index contributed by atoms with van der Waals surface area (Å²) in [6.07, 6.45) is 2.11. The third kappa shape index (κ3) is 4.22. The van der Waals surface area contributed by atoms with E-state index in [0.717, 1.165) is 66.2 Å². The number of rotatable bonds is 6. The number of amides is 1. The second-order valence-corrected chi connectivity index (χ2v) is 9.59. The van der Waals surface area contributed by atoms with Crippen molar-refractivity contribution < 1.29 is 14.3 Å². The lowest BCUT2D eigenvalue weighted by Gasteiger charge is -2.34. The molecule has 8 nitrogen and oxygen atoms in total. The van der Waals surface area contributed by atoms with Gasteiger partial charge in [0.1, 0.15) is 0 Å². The molecular formula is C20H25N5O3S2. The van der Waals surface area contributed by atoms with Gasteiger partial charge in [0.2, 0.25) is 17.8 Å². The molecule has 160 valence electrons. The van der Waals surface area contributed by atoms with E-state index >= 15 is 0 Å². The van der Waals surface area contributed by atoms with Crippen molar-refractivity contribution in [1.29, 1.82) is 0 Å². The fraction of sp³-hybridized carbons (Fsp3) is 0.550. The Bertz CT molecular complexity index is 995. The molecule has 2 aliphatic heterocycles. The Balaban J connectivity index is 1.17. The van der Waals surface area contributed by atoms with Crippen molar-refractivity contribution in [3.63, 3.8) is 0 Å². The van der Waals surface area contributed by atoms with Crippen LogP contribution in [0.1, 0.15) is 25.3 Å². The molecular weight excluding hydrogens is 422 g/mol. The molecule has 0 bridgehead atoms. The van der Waals surface area contributed by atoms with Gasteiger partial charge in [-0.3, -0.25) is 19.5 Å². The number of hydrogen-bond donors (Lipinski definition) is 0. The summed E-state index contributed by atoms with van der Waals surface area (Å²) in [6.45, 7) is 7.37. The van der Waals surface area contributed by atoms with Crippen LogP contribution in [0.25, 0.3) is 0 Å². The summed E-state index contributed by atoms with van der Waals surface area (Å²) < 4.78 is 13.5. The Kier molecular flexibility index (Phi) is 5.48. The van der Waals surface area contributed by atoms with E-state index in [1.165, 1.54) is 16.9 Å². The highest BCUT2D eigenvalue weighted by Crippen LogP contribution is 2.34. The number of carbonyl (C=O) groups is 1. The minimum Gasteiger partial charge on any atom is -0.454 e. The van der Waals surface area contributed by atoms with E-state index in [9.17, 15) is 4.79 Å². The van der Waals surface area contributed by atoms with Crippen LogP contribution in [-0.2, 0) is 18.0 Å². The first-order chi connectivity index (χ1) is 14.6. The average Bonchev–Trinajstić information content (AvgIpc) is 3.32. The minimum atomic E-state index is 0.0468. The van der Waals surface area contributed by atoms with Crippen molar-refractivity contribution in [2.24, 2.45) is 0 Å². The standard InChI is InChI=1S/C20H25N5O3S2/c1-14(26)25(16-3-4-16)19-21-24(20(29)30-19)12-23-8-6-22(7-9-23)11-15-2-5-17-18(10-15)28-13-27-17/h2,5,10,16H,3-4,6-9,11-13H2,1H3. The van der Waals surface area contributed by atoms with E-state index in [1.807, 2.05) is 10.7 Å². The molecule has 0 N–H and O–H groups in total. The van der Waals surface area contributed by atoms with E-state index in [-0.39, 0.29) is 5.91 Å². The third-order valence-corrected chi connectivity index (χ3v) is 7.00. The second-order valence-electron chi connectivity index (χ2n) is 7.99. The van der Waals surface area contributed by atoms with Crippen molar-refractivity contribution in [3.8, 4) is 11.5 Å². The van der Waals surface area contributed by atoms with Crippen LogP contribution in [0.3, 0.4) is 0 Å². The van der Waals surface area contributed by atoms with Gasteiger partial charge in [0.25, 0.3) is 0 Å². The predicted molar refractivity (Wildman–Crippen MR) is 117 cm³/mol. The van der Waals surface area contributed by atoms with Gasteiger partial charge in [-0.15, -0.1) is 5.10 Å². The maximum atomic E-state index is 12.0. The summed E-state index contributed by atoms with van der Waals surface area (Å²) in [7, 11) is 0. The predicted octanol–water partition coefficient (Wildman–Crippen LogP) is 2.69. The van der Waals surface area contributed by atoms with Gasteiger partial charge in [0.15, 0.2) is 15.5 Å². The molecule has 0 atom stereocenters. The molecule has 1 aromatic heterocycles. The molecule has 2 aromatic rings. The van der Waals surface area contributed by atoms with Crippen LogP contribution in [0.4, 0.5) is 5.13 Å². The Hall–Kier alpha value is -2.01. The van der Waals surface area contributed by atoms with Gasteiger partial charge in [-0.05, 0) is 42.8 Å². The zero-order valence-electron chi connectivity index (χ0n) is 17.0. The van der Waals surface area contributed by atoms with Crippen molar-refractivity contribution >= 4 is 34.6 Å². The quantitative estimate of drug-likeness (QED) is 0.631. The smallest absolute Gasteiger partial charge is 0.231 e. The van der Waals surface area contributed by atoms with Crippen molar-refractivity contribution in [1.82, 2.24) is 19.6 Å². The monoisotopic (exact) mass is 447 g/mol. The number of benzene rings is 1. The van der Waals surface area contributed by atoms with E-state index in [4.69, 9.17) is 21.7 Å². The zero-order valence-corrected chi connectivity index (χ0v) is 18.6. The van der Waals surface area contributed by atoms with Gasteiger partial charge in [0, 0.05) is 45.7 Å². The van der Waals surface area contributed by atoms with Crippen molar-refractivity contribution in [2.75, 3.05) is 37.9 Å². The van der Waals surface area contributed by atoms with Gasteiger partial charge < -0.3 is 9.47 Å². The summed E-state index contributed by atoms with van der Waals surface area (Å²) in [5.74, 6) is 1.71. The number of carbonyl (C=O) groups excluding carboxylic acids is 1. The van der Waals surface area contributed by atoms with Crippen LogP contribution in [0, 0.1) is 3.95 Å². The molecule has 0 spiro atoms. The summed E-state index contributed by atoms with van der Waals surface area (Å²) >= 11 is 6.96. The molecule has 30 heavy (non-hydrogen) atoms. The average molecular weight is 448 g/mol. The van der Waals surface area contributed by atoms with Gasteiger partial charge in [0.05, 0.1) is 6.67 Å². The molecule has 1 amide bonds. The van der Waals surface area contributed by atoms with Crippen LogP contribution in [0.2, 0.25) is 0 Å². The molecule has 1 aromatic carbocycles. The SMILES string of the molecule is CC(=O)N(c1nn(CN2CCN(Cc3ccc4c(c3)OCO4)CC2)c(=S)s1)C1CC1. The maximum absolute atomic E-state index is 12.0. The first kappa shape index (κ1) is 19.9. The van der Waals surface area contributed by atoms with Crippen LogP contribution < -0.4 is 14.4 Å². The topological polar surface area (TPSA) is 63.1 Å². The van der Waals surface area contributed by atoms with Crippen LogP contribution in [0.5, 0.6) is 11.5 Å². The Morgan fingerprint density at radius 3 is 2.67 bits per heavy atom. The van der Waals surface area contributed by atoms with Gasteiger partial charge >= 0.3 is 0 Å². The van der Waals surface area contributed by atoms with Gasteiger partial charge in [-0.2, -0.15) is 0 Å². The van der Waals surface area contributed by atoms with E-state index in [0.29, 0.717) is 19.5 Å². The van der Waals surface area contributed by atoms with Crippen molar-refractivity contribution in [2.45, 2.75) is 39.0 Å². The van der Waals surface area contributed by atoms with Gasteiger partial charge in [-0.1, -0.05) is 17.4 Å². The number of ether oxygens (including phenoxy) is 2. The highest BCUT2D eigenvalue weighted by atomic mass is 32.1. The Morgan fingerprint density at radius 1 is 1.20 bits per heavy atom. The number of aromatic nitrogens is 2. The lowest BCUT2D eigenvalue weighted by atomic mass is 10.1. The highest BCUT2D eigenvalue weighted by molar-refractivity contribution is 7.73. The Morgan fingerprint density at radius 2 is 1.93 bits per heavy atom. The van der Waals surface area contributed by atoms with Gasteiger partial charge in [-0.25, -0.2) is 4.68 Å². The normalized spacial score (nSPS) is 19.2.